The third-order valence-electron chi connectivity index (χ3n) is 3.63. The monoisotopic (exact) mass is 295 g/mol. The number of benzene rings is 1. The molecule has 0 atom stereocenters. The van der Waals surface area contributed by atoms with E-state index in [0.29, 0.717) is 25.9 Å². The first kappa shape index (κ1) is 15.3. The van der Waals surface area contributed by atoms with Crippen LogP contribution in [0.3, 0.4) is 0 Å². The molecule has 1 fully saturated rings. The molecule has 21 heavy (non-hydrogen) atoms. The van der Waals surface area contributed by atoms with E-state index in [1.165, 1.54) is 6.07 Å². The maximum Gasteiger partial charge on any atom is 0.306 e. The van der Waals surface area contributed by atoms with E-state index in [0.717, 1.165) is 5.56 Å². The minimum absolute atomic E-state index is 0.0590. The van der Waals surface area contributed by atoms with E-state index in [2.05, 4.69) is 0 Å². The van der Waals surface area contributed by atoms with E-state index in [1.807, 2.05) is 6.92 Å². The Labute approximate surface area is 122 Å². The number of nitrogens with zero attached hydrogens (tertiary/aromatic N) is 1. The number of carbonyl (C=O) groups excluding carboxylic acids is 1. The molecule has 0 aliphatic carbocycles. The molecule has 1 aliphatic rings. The molecule has 0 unspecified atom stereocenters. The van der Waals surface area contributed by atoms with Crippen LogP contribution in [0.25, 0.3) is 0 Å². The summed E-state index contributed by atoms with van der Waals surface area (Å²) >= 11 is 0. The second kappa shape index (κ2) is 6.56. The Morgan fingerprint density at radius 2 is 2.05 bits per heavy atom. The molecule has 0 radical (unpaired) electrons. The number of carboxylic acids is 1. The molecular weight excluding hydrogens is 277 g/mol. The summed E-state index contributed by atoms with van der Waals surface area (Å²) in [4.78, 5) is 24.4. The fraction of sp³-hybridized carbons (Fsp3) is 0.467. The zero-order valence-corrected chi connectivity index (χ0v) is 11.8. The highest BCUT2D eigenvalue weighted by Crippen LogP contribution is 2.20. The SMILES string of the molecule is Cc1ccc(F)c(OCC(=O)N2CCC(C(=O)O)CC2)c1. The molecule has 0 spiro atoms. The smallest absolute Gasteiger partial charge is 0.306 e. The van der Waals surface area contributed by atoms with Gasteiger partial charge in [0.2, 0.25) is 0 Å². The van der Waals surface area contributed by atoms with Crippen molar-refractivity contribution in [3.63, 3.8) is 0 Å². The molecule has 5 nitrogen and oxygen atoms in total. The number of carbonyl (C=O) groups is 2. The number of aliphatic carboxylic acids is 1. The Hall–Kier alpha value is -2.11. The Bertz CT molecular complexity index is 538. The van der Waals surface area contributed by atoms with Crippen molar-refractivity contribution in [3.8, 4) is 5.75 Å². The zero-order chi connectivity index (χ0) is 15.4. The molecular formula is C15H18FNO4. The van der Waals surface area contributed by atoms with Gasteiger partial charge in [-0.05, 0) is 37.5 Å². The quantitative estimate of drug-likeness (QED) is 0.920. The van der Waals surface area contributed by atoms with E-state index in [4.69, 9.17) is 9.84 Å². The first-order valence-electron chi connectivity index (χ1n) is 6.87. The normalized spacial score (nSPS) is 15.8. The number of likely N-dealkylation sites (tertiary alicyclic amines) is 1. The molecule has 0 saturated carbocycles. The summed E-state index contributed by atoms with van der Waals surface area (Å²) in [7, 11) is 0. The first-order valence-corrected chi connectivity index (χ1v) is 6.87. The summed E-state index contributed by atoms with van der Waals surface area (Å²) in [6.45, 7) is 2.37. The van der Waals surface area contributed by atoms with Crippen LogP contribution in [0, 0.1) is 18.7 Å². The topological polar surface area (TPSA) is 66.8 Å². The van der Waals surface area contributed by atoms with E-state index in [-0.39, 0.29) is 24.2 Å². The van der Waals surface area contributed by atoms with Crippen molar-refractivity contribution in [2.45, 2.75) is 19.8 Å². The Morgan fingerprint density at radius 1 is 1.38 bits per heavy atom. The average molecular weight is 295 g/mol. The van der Waals surface area contributed by atoms with Crippen LogP contribution in [-0.2, 0) is 9.59 Å². The molecule has 1 aromatic rings. The zero-order valence-electron chi connectivity index (χ0n) is 11.8. The molecule has 1 aliphatic heterocycles. The molecule has 1 N–H and O–H groups in total. The summed E-state index contributed by atoms with van der Waals surface area (Å²) in [5.74, 6) is -1.90. The number of aryl methyl sites for hydroxylation is 1. The number of amides is 1. The lowest BCUT2D eigenvalue weighted by Crippen LogP contribution is -2.42. The average Bonchev–Trinajstić information content (AvgIpc) is 2.48. The summed E-state index contributed by atoms with van der Waals surface area (Å²) in [5.41, 5.74) is 0.848. The van der Waals surface area contributed by atoms with Crippen LogP contribution in [0.15, 0.2) is 18.2 Å². The predicted molar refractivity (Wildman–Crippen MR) is 73.6 cm³/mol. The van der Waals surface area contributed by atoms with Crippen LogP contribution in [0.1, 0.15) is 18.4 Å². The minimum Gasteiger partial charge on any atom is -0.481 e. The molecule has 1 saturated heterocycles. The molecule has 0 bridgehead atoms. The van der Waals surface area contributed by atoms with Gasteiger partial charge >= 0.3 is 5.97 Å². The van der Waals surface area contributed by atoms with Gasteiger partial charge in [0.05, 0.1) is 5.92 Å². The molecule has 1 aromatic carbocycles. The lowest BCUT2D eigenvalue weighted by Gasteiger charge is -2.30. The van der Waals surface area contributed by atoms with Gasteiger partial charge < -0.3 is 14.7 Å². The highest BCUT2D eigenvalue weighted by Gasteiger charge is 2.27. The van der Waals surface area contributed by atoms with Crippen molar-refractivity contribution >= 4 is 11.9 Å². The predicted octanol–water partition coefficient (Wildman–Crippen LogP) is 1.84. The van der Waals surface area contributed by atoms with Gasteiger partial charge in [0.25, 0.3) is 5.91 Å². The number of halogens is 1. The van der Waals surface area contributed by atoms with Crippen molar-refractivity contribution in [2.24, 2.45) is 5.92 Å². The summed E-state index contributed by atoms with van der Waals surface area (Å²) in [5, 5.41) is 8.90. The van der Waals surface area contributed by atoms with Crippen LogP contribution in [-0.4, -0.2) is 41.6 Å². The van der Waals surface area contributed by atoms with Crippen molar-refractivity contribution in [2.75, 3.05) is 19.7 Å². The third kappa shape index (κ3) is 3.93. The van der Waals surface area contributed by atoms with E-state index in [1.54, 1.807) is 17.0 Å². The fourth-order valence-electron chi connectivity index (χ4n) is 2.33. The molecule has 2 rings (SSSR count). The molecule has 6 heteroatoms. The Balaban J connectivity index is 1.85. The maximum atomic E-state index is 13.5. The number of rotatable bonds is 4. The van der Waals surface area contributed by atoms with E-state index in [9.17, 15) is 14.0 Å². The fourth-order valence-corrected chi connectivity index (χ4v) is 2.33. The summed E-state index contributed by atoms with van der Waals surface area (Å²) < 4.78 is 18.7. The van der Waals surface area contributed by atoms with Gasteiger partial charge in [-0.1, -0.05) is 6.07 Å². The third-order valence-corrected chi connectivity index (χ3v) is 3.63. The lowest BCUT2D eigenvalue weighted by atomic mass is 9.97. The second-order valence-corrected chi connectivity index (χ2v) is 5.22. The summed E-state index contributed by atoms with van der Waals surface area (Å²) in [6, 6.07) is 4.47. The van der Waals surface area contributed by atoms with Crippen LogP contribution in [0.5, 0.6) is 5.75 Å². The van der Waals surface area contributed by atoms with Crippen LogP contribution in [0.2, 0.25) is 0 Å². The van der Waals surface area contributed by atoms with Gasteiger partial charge in [-0.2, -0.15) is 0 Å². The standard InChI is InChI=1S/C15H18FNO4/c1-10-2-3-12(16)13(8-10)21-9-14(18)17-6-4-11(5-7-17)15(19)20/h2-3,8,11H,4-7,9H2,1H3,(H,19,20). The van der Waals surface area contributed by atoms with Crippen LogP contribution in [0.4, 0.5) is 4.39 Å². The van der Waals surface area contributed by atoms with Crippen molar-refractivity contribution in [3.05, 3.63) is 29.6 Å². The highest BCUT2D eigenvalue weighted by molar-refractivity contribution is 5.78. The maximum absolute atomic E-state index is 13.5. The molecule has 1 amide bonds. The van der Waals surface area contributed by atoms with Gasteiger partial charge in [0.15, 0.2) is 18.2 Å². The minimum atomic E-state index is -0.819. The molecule has 0 aromatic heterocycles. The van der Waals surface area contributed by atoms with Crippen LogP contribution < -0.4 is 4.74 Å². The van der Waals surface area contributed by atoms with Crippen molar-refractivity contribution < 1.29 is 23.8 Å². The Kier molecular flexibility index (Phi) is 4.77. The van der Waals surface area contributed by atoms with Crippen molar-refractivity contribution in [1.82, 2.24) is 4.90 Å². The van der Waals surface area contributed by atoms with E-state index >= 15 is 0 Å². The first-order chi connectivity index (χ1) is 9.97. The van der Waals surface area contributed by atoms with Gasteiger partial charge in [-0.25, -0.2) is 4.39 Å². The number of carboxylic acid groups (broad SMARTS) is 1. The highest BCUT2D eigenvalue weighted by atomic mass is 19.1. The Morgan fingerprint density at radius 3 is 2.67 bits per heavy atom. The summed E-state index contributed by atoms with van der Waals surface area (Å²) in [6.07, 6.45) is 0.889. The van der Waals surface area contributed by atoms with Crippen molar-refractivity contribution in [1.29, 1.82) is 0 Å². The number of hydrogen-bond donors (Lipinski definition) is 1. The van der Waals surface area contributed by atoms with Crippen LogP contribution >= 0.6 is 0 Å². The number of ether oxygens (including phenoxy) is 1. The lowest BCUT2D eigenvalue weighted by molar-refractivity contribution is -0.146. The van der Waals surface area contributed by atoms with Gasteiger partial charge in [0.1, 0.15) is 0 Å². The number of piperidine rings is 1. The van der Waals surface area contributed by atoms with Gasteiger partial charge in [-0.3, -0.25) is 9.59 Å². The molecule has 1 heterocycles. The van der Waals surface area contributed by atoms with Gasteiger partial charge in [-0.15, -0.1) is 0 Å². The number of hydrogen-bond acceptors (Lipinski definition) is 3. The van der Waals surface area contributed by atoms with E-state index < -0.39 is 11.8 Å². The largest absolute Gasteiger partial charge is 0.481 e. The molecule has 114 valence electrons. The second-order valence-electron chi connectivity index (χ2n) is 5.22. The van der Waals surface area contributed by atoms with Gasteiger partial charge in [0, 0.05) is 13.1 Å².